The minimum absolute atomic E-state index is 0. The molecule has 1 aliphatic rings. The number of carbonyl (C=O) groups excluding carboxylic acids is 1. The van der Waals surface area contributed by atoms with Gasteiger partial charge in [0.2, 0.25) is 11.8 Å². The first-order valence-corrected chi connectivity index (χ1v) is 7.72. The molecule has 3 rings (SSSR count). The molecular weight excluding hydrogens is 337 g/mol. The molecule has 23 heavy (non-hydrogen) atoms. The summed E-state index contributed by atoms with van der Waals surface area (Å²) < 4.78 is 5.41. The minimum atomic E-state index is -0.0907. The average molecular weight is 356 g/mol. The van der Waals surface area contributed by atoms with E-state index in [0.29, 0.717) is 29.1 Å². The van der Waals surface area contributed by atoms with Crippen molar-refractivity contribution in [3.63, 3.8) is 0 Å². The van der Waals surface area contributed by atoms with Crippen LogP contribution in [-0.2, 0) is 11.2 Å². The maximum absolute atomic E-state index is 11.9. The maximum atomic E-state index is 11.9. The van der Waals surface area contributed by atoms with Gasteiger partial charge in [0.05, 0.1) is 12.1 Å². The molecule has 5 nitrogen and oxygen atoms in total. The molecule has 1 amide bonds. The van der Waals surface area contributed by atoms with Crippen molar-refractivity contribution in [1.29, 1.82) is 0 Å². The van der Waals surface area contributed by atoms with Crippen molar-refractivity contribution < 1.29 is 9.21 Å². The lowest BCUT2D eigenvalue weighted by atomic mass is 10.2. The van der Waals surface area contributed by atoms with Crippen molar-refractivity contribution in [2.45, 2.75) is 25.3 Å². The molecule has 0 bridgehead atoms. The van der Waals surface area contributed by atoms with Crippen LogP contribution in [0.25, 0.3) is 11.5 Å². The number of nitrogens with one attached hydrogen (secondary N) is 1. The van der Waals surface area contributed by atoms with Crippen LogP contribution in [0.5, 0.6) is 0 Å². The van der Waals surface area contributed by atoms with Crippen molar-refractivity contribution in [1.82, 2.24) is 10.3 Å². The second kappa shape index (κ2) is 7.81. The smallest absolute Gasteiger partial charge is 0.226 e. The number of halogens is 2. The Bertz CT molecular complexity index is 654. The largest absolute Gasteiger partial charge is 0.444 e. The molecule has 1 aromatic carbocycles. The van der Waals surface area contributed by atoms with Gasteiger partial charge in [0.1, 0.15) is 6.26 Å². The van der Waals surface area contributed by atoms with Crippen molar-refractivity contribution in [2.75, 3.05) is 6.54 Å². The average Bonchev–Trinajstić information content (AvgIpc) is 3.26. The van der Waals surface area contributed by atoms with Crippen LogP contribution in [0.3, 0.4) is 0 Å². The highest BCUT2D eigenvalue weighted by molar-refractivity contribution is 6.30. The summed E-state index contributed by atoms with van der Waals surface area (Å²) in [5.74, 6) is 0.963. The second-order valence-electron chi connectivity index (χ2n) is 5.63. The fraction of sp³-hybridized carbons (Fsp3) is 0.375. The third kappa shape index (κ3) is 4.96. The molecule has 1 heterocycles. The Morgan fingerprint density at radius 3 is 2.74 bits per heavy atom. The lowest BCUT2D eigenvalue weighted by Gasteiger charge is -2.10. The number of amides is 1. The van der Waals surface area contributed by atoms with Crippen LogP contribution in [0, 0.1) is 5.92 Å². The first kappa shape index (κ1) is 17.8. The highest BCUT2D eigenvalue weighted by atomic mass is 35.5. The lowest BCUT2D eigenvalue weighted by Crippen LogP contribution is -2.39. The molecule has 1 atom stereocenters. The van der Waals surface area contributed by atoms with Crippen LogP contribution < -0.4 is 11.1 Å². The minimum Gasteiger partial charge on any atom is -0.444 e. The molecule has 7 heteroatoms. The fourth-order valence-electron chi connectivity index (χ4n) is 2.26. The number of carbonyl (C=O) groups is 1. The standard InChI is InChI=1S/C16H18ClN3O2.ClH/c17-12-5-3-11(4-6-12)16-20-13(9-22-16)7-15(21)19-8-14(18)10-1-2-10;/h3-6,9-10,14H,1-2,7-8,18H2,(H,19,21);1H. The third-order valence-electron chi connectivity index (χ3n) is 3.75. The molecule has 0 aliphatic heterocycles. The zero-order chi connectivity index (χ0) is 15.5. The quantitative estimate of drug-likeness (QED) is 0.834. The highest BCUT2D eigenvalue weighted by Gasteiger charge is 2.28. The van der Waals surface area contributed by atoms with E-state index in [1.165, 1.54) is 19.1 Å². The van der Waals surface area contributed by atoms with Gasteiger partial charge in [-0.2, -0.15) is 0 Å². The summed E-state index contributed by atoms with van der Waals surface area (Å²) in [7, 11) is 0. The Kier molecular flexibility index (Phi) is 6.04. The Hall–Kier alpha value is -1.56. The van der Waals surface area contributed by atoms with Crippen molar-refractivity contribution in [2.24, 2.45) is 11.7 Å². The van der Waals surface area contributed by atoms with Crippen molar-refractivity contribution in [3.8, 4) is 11.5 Å². The summed E-state index contributed by atoms with van der Waals surface area (Å²) in [5, 5.41) is 3.50. The molecule has 1 aliphatic carbocycles. The van der Waals surface area contributed by atoms with Crippen LogP contribution in [0.2, 0.25) is 5.02 Å². The van der Waals surface area contributed by atoms with E-state index in [9.17, 15) is 4.79 Å². The number of oxazole rings is 1. The van der Waals surface area contributed by atoms with E-state index in [2.05, 4.69) is 10.3 Å². The molecule has 0 spiro atoms. The monoisotopic (exact) mass is 355 g/mol. The normalized spacial score (nSPS) is 14.9. The molecule has 1 aromatic heterocycles. The molecule has 1 saturated carbocycles. The van der Waals surface area contributed by atoms with Gasteiger partial charge in [0, 0.05) is 23.2 Å². The van der Waals surface area contributed by atoms with E-state index < -0.39 is 0 Å². The third-order valence-corrected chi connectivity index (χ3v) is 4.00. The van der Waals surface area contributed by atoms with Crippen molar-refractivity contribution >= 4 is 29.9 Å². The Balaban J connectivity index is 0.00000192. The molecule has 0 radical (unpaired) electrons. The molecule has 0 saturated heterocycles. The number of hydrogen-bond acceptors (Lipinski definition) is 4. The van der Waals surface area contributed by atoms with E-state index in [0.717, 1.165) is 5.56 Å². The van der Waals surface area contributed by atoms with Crippen molar-refractivity contribution in [3.05, 3.63) is 41.2 Å². The molecule has 1 unspecified atom stereocenters. The van der Waals surface area contributed by atoms with Crippen LogP contribution in [0.15, 0.2) is 34.9 Å². The fourth-order valence-corrected chi connectivity index (χ4v) is 2.39. The number of nitrogens with zero attached hydrogens (tertiary/aromatic N) is 1. The second-order valence-corrected chi connectivity index (χ2v) is 6.07. The number of benzene rings is 1. The summed E-state index contributed by atoms with van der Waals surface area (Å²) in [6.45, 7) is 0.519. The number of rotatable bonds is 6. The van der Waals surface area contributed by atoms with Gasteiger partial charge in [-0.25, -0.2) is 4.98 Å². The van der Waals surface area contributed by atoms with E-state index in [4.69, 9.17) is 21.8 Å². The number of nitrogens with two attached hydrogens (primary N) is 1. The highest BCUT2D eigenvalue weighted by Crippen LogP contribution is 2.31. The van der Waals surface area contributed by atoms with Gasteiger partial charge >= 0.3 is 0 Å². The zero-order valence-electron chi connectivity index (χ0n) is 12.5. The van der Waals surface area contributed by atoms with Gasteiger partial charge in [0.15, 0.2) is 0 Å². The zero-order valence-corrected chi connectivity index (χ0v) is 14.1. The molecule has 124 valence electrons. The lowest BCUT2D eigenvalue weighted by molar-refractivity contribution is -0.120. The van der Waals surface area contributed by atoms with Gasteiger partial charge in [-0.15, -0.1) is 12.4 Å². The van der Waals surface area contributed by atoms with Gasteiger partial charge in [-0.3, -0.25) is 4.79 Å². The van der Waals surface area contributed by atoms with Gasteiger partial charge in [-0.1, -0.05) is 11.6 Å². The predicted molar refractivity (Wildman–Crippen MR) is 91.6 cm³/mol. The van der Waals surface area contributed by atoms with Crippen LogP contribution in [-0.4, -0.2) is 23.5 Å². The van der Waals surface area contributed by atoms with Gasteiger partial charge in [-0.05, 0) is 43.0 Å². The Morgan fingerprint density at radius 2 is 2.09 bits per heavy atom. The summed E-state index contributed by atoms with van der Waals surface area (Å²) >= 11 is 5.85. The first-order chi connectivity index (χ1) is 10.6. The molecule has 3 N–H and O–H groups in total. The van der Waals surface area contributed by atoms with Crippen LogP contribution in [0.1, 0.15) is 18.5 Å². The molecule has 1 fully saturated rings. The SMILES string of the molecule is Cl.NC(CNC(=O)Cc1coc(-c2ccc(Cl)cc2)n1)C1CC1. The van der Waals surface area contributed by atoms with E-state index >= 15 is 0 Å². The number of aromatic nitrogens is 1. The first-order valence-electron chi connectivity index (χ1n) is 7.34. The summed E-state index contributed by atoms with van der Waals surface area (Å²) in [4.78, 5) is 16.2. The maximum Gasteiger partial charge on any atom is 0.226 e. The van der Waals surface area contributed by atoms with E-state index in [1.807, 2.05) is 12.1 Å². The molecule has 2 aromatic rings. The number of hydrogen-bond donors (Lipinski definition) is 2. The Morgan fingerprint density at radius 1 is 1.39 bits per heavy atom. The van der Waals surface area contributed by atoms with Crippen LogP contribution in [0.4, 0.5) is 0 Å². The Labute approximate surface area is 146 Å². The summed E-state index contributed by atoms with van der Waals surface area (Å²) in [6, 6.07) is 7.25. The van der Waals surface area contributed by atoms with E-state index in [-0.39, 0.29) is 30.8 Å². The van der Waals surface area contributed by atoms with Crippen LogP contribution >= 0.6 is 24.0 Å². The van der Waals surface area contributed by atoms with Gasteiger partial charge in [0.25, 0.3) is 0 Å². The summed E-state index contributed by atoms with van der Waals surface area (Å²) in [6.07, 6.45) is 4.04. The van der Waals surface area contributed by atoms with Gasteiger partial charge < -0.3 is 15.5 Å². The molecular formula is C16H19Cl2N3O2. The predicted octanol–water partition coefficient (Wildman–Crippen LogP) is 2.81. The van der Waals surface area contributed by atoms with E-state index in [1.54, 1.807) is 12.1 Å². The summed E-state index contributed by atoms with van der Waals surface area (Å²) in [5.41, 5.74) is 7.38. The topological polar surface area (TPSA) is 81.1 Å².